The van der Waals surface area contributed by atoms with Crippen LogP contribution >= 0.6 is 15.9 Å². The number of anilines is 1. The first-order valence-corrected chi connectivity index (χ1v) is 6.71. The molecule has 2 aromatic carbocycles. The Hall–Kier alpha value is -2.14. The van der Waals surface area contributed by atoms with Crippen molar-refractivity contribution in [3.8, 4) is 22.4 Å². The predicted molar refractivity (Wildman–Crippen MR) is 79.4 cm³/mol. The van der Waals surface area contributed by atoms with Gasteiger partial charge >= 0.3 is 0 Å². The summed E-state index contributed by atoms with van der Waals surface area (Å²) in [7, 11) is 0. The van der Waals surface area contributed by atoms with Crippen LogP contribution in [0.15, 0.2) is 57.5 Å². The third kappa shape index (κ3) is 2.32. The molecule has 2 N–H and O–H groups in total. The highest BCUT2D eigenvalue weighted by molar-refractivity contribution is 9.10. The molecule has 0 unspecified atom stereocenters. The number of nitrogen functional groups attached to an aromatic ring is 1. The Morgan fingerprint density at radius 3 is 2.55 bits per heavy atom. The van der Waals surface area contributed by atoms with Gasteiger partial charge in [0.05, 0.1) is 5.56 Å². The van der Waals surface area contributed by atoms with Crippen LogP contribution in [0, 0.1) is 5.82 Å². The normalized spacial score (nSPS) is 10.7. The molecule has 100 valence electrons. The topological polar surface area (TPSA) is 52.0 Å². The number of halogens is 2. The average Bonchev–Trinajstić information content (AvgIpc) is 2.80. The minimum atomic E-state index is -0.329. The van der Waals surface area contributed by atoms with Crippen LogP contribution in [0.1, 0.15) is 0 Å². The number of nitrogens with zero attached hydrogens (tertiary/aromatic N) is 1. The van der Waals surface area contributed by atoms with Gasteiger partial charge in [0.25, 0.3) is 0 Å². The van der Waals surface area contributed by atoms with Crippen molar-refractivity contribution in [1.29, 1.82) is 0 Å². The van der Waals surface area contributed by atoms with Gasteiger partial charge in [-0.1, -0.05) is 45.4 Å². The summed E-state index contributed by atoms with van der Waals surface area (Å²) in [5.74, 6) is -0.119. The van der Waals surface area contributed by atoms with Crippen LogP contribution in [0.5, 0.6) is 0 Å². The standard InChI is InChI=1S/C15H10BrFN2O/c16-11-5-1-3-9(7-11)13-14(19-20-15(13)18)10-4-2-6-12(17)8-10/h1-8H,18H2. The van der Waals surface area contributed by atoms with Gasteiger partial charge in [-0.2, -0.15) is 0 Å². The Morgan fingerprint density at radius 2 is 1.80 bits per heavy atom. The first-order chi connectivity index (χ1) is 9.65. The molecular formula is C15H10BrFN2O. The van der Waals surface area contributed by atoms with Gasteiger partial charge in [0.15, 0.2) is 0 Å². The Balaban J connectivity index is 2.20. The highest BCUT2D eigenvalue weighted by atomic mass is 79.9. The van der Waals surface area contributed by atoms with E-state index >= 15 is 0 Å². The Morgan fingerprint density at radius 1 is 1.05 bits per heavy atom. The van der Waals surface area contributed by atoms with E-state index in [0.29, 0.717) is 16.8 Å². The summed E-state index contributed by atoms with van der Waals surface area (Å²) in [6, 6.07) is 13.8. The number of benzene rings is 2. The summed E-state index contributed by atoms with van der Waals surface area (Å²) in [5, 5.41) is 3.95. The summed E-state index contributed by atoms with van der Waals surface area (Å²) in [5.41, 5.74) is 8.54. The monoisotopic (exact) mass is 332 g/mol. The Labute approximate surface area is 123 Å². The van der Waals surface area contributed by atoms with Gasteiger partial charge in [-0.15, -0.1) is 0 Å². The van der Waals surface area contributed by atoms with Crippen LogP contribution in [0.3, 0.4) is 0 Å². The van der Waals surface area contributed by atoms with E-state index in [1.54, 1.807) is 12.1 Å². The van der Waals surface area contributed by atoms with Gasteiger partial charge in [-0.05, 0) is 29.8 Å². The number of nitrogens with two attached hydrogens (primary N) is 1. The van der Waals surface area contributed by atoms with E-state index in [-0.39, 0.29) is 11.7 Å². The molecule has 0 amide bonds. The zero-order valence-electron chi connectivity index (χ0n) is 10.3. The van der Waals surface area contributed by atoms with Crippen molar-refractivity contribution in [3.05, 3.63) is 58.8 Å². The molecule has 0 saturated heterocycles. The molecule has 0 saturated carbocycles. The first-order valence-electron chi connectivity index (χ1n) is 5.92. The lowest BCUT2D eigenvalue weighted by Crippen LogP contribution is -1.88. The second kappa shape index (κ2) is 5.09. The van der Waals surface area contributed by atoms with E-state index in [9.17, 15) is 4.39 Å². The molecule has 0 fully saturated rings. The predicted octanol–water partition coefficient (Wildman–Crippen LogP) is 4.49. The minimum absolute atomic E-state index is 0.211. The highest BCUT2D eigenvalue weighted by Crippen LogP contribution is 2.37. The summed E-state index contributed by atoms with van der Waals surface area (Å²) in [6.07, 6.45) is 0. The molecule has 1 aromatic heterocycles. The van der Waals surface area contributed by atoms with Crippen LogP contribution in [-0.4, -0.2) is 5.16 Å². The maximum atomic E-state index is 13.4. The van der Waals surface area contributed by atoms with Crippen molar-refractivity contribution in [2.75, 3.05) is 5.73 Å². The molecule has 0 aliphatic rings. The van der Waals surface area contributed by atoms with Crippen molar-refractivity contribution in [3.63, 3.8) is 0 Å². The molecule has 0 aliphatic carbocycles. The smallest absolute Gasteiger partial charge is 0.230 e. The molecule has 0 spiro atoms. The van der Waals surface area contributed by atoms with Crippen molar-refractivity contribution in [1.82, 2.24) is 5.16 Å². The quantitative estimate of drug-likeness (QED) is 0.752. The molecule has 5 heteroatoms. The van der Waals surface area contributed by atoms with Gasteiger partial charge < -0.3 is 10.3 Å². The third-order valence-corrected chi connectivity index (χ3v) is 3.42. The zero-order chi connectivity index (χ0) is 14.1. The largest absolute Gasteiger partial charge is 0.367 e. The van der Waals surface area contributed by atoms with E-state index in [0.717, 1.165) is 10.0 Å². The summed E-state index contributed by atoms with van der Waals surface area (Å²) in [4.78, 5) is 0. The van der Waals surface area contributed by atoms with Crippen molar-refractivity contribution < 1.29 is 8.91 Å². The van der Waals surface area contributed by atoms with Gasteiger partial charge in [-0.3, -0.25) is 0 Å². The van der Waals surface area contributed by atoms with E-state index in [1.807, 2.05) is 24.3 Å². The fourth-order valence-electron chi connectivity index (χ4n) is 2.06. The first kappa shape index (κ1) is 12.9. The van der Waals surface area contributed by atoms with Crippen LogP contribution < -0.4 is 5.73 Å². The van der Waals surface area contributed by atoms with Crippen LogP contribution in [0.2, 0.25) is 0 Å². The molecule has 0 bridgehead atoms. The summed E-state index contributed by atoms with van der Waals surface area (Å²) >= 11 is 3.41. The minimum Gasteiger partial charge on any atom is -0.367 e. The van der Waals surface area contributed by atoms with Crippen LogP contribution in [0.4, 0.5) is 10.3 Å². The second-order valence-corrected chi connectivity index (χ2v) is 5.21. The Bertz CT molecular complexity index is 770. The fraction of sp³-hybridized carbons (Fsp3) is 0. The molecule has 20 heavy (non-hydrogen) atoms. The summed E-state index contributed by atoms with van der Waals surface area (Å²) in [6.45, 7) is 0. The zero-order valence-corrected chi connectivity index (χ0v) is 11.9. The van der Waals surface area contributed by atoms with Crippen molar-refractivity contribution in [2.24, 2.45) is 0 Å². The Kier molecular flexibility index (Phi) is 3.28. The molecule has 0 atom stereocenters. The third-order valence-electron chi connectivity index (χ3n) is 2.93. The van der Waals surface area contributed by atoms with Crippen LogP contribution in [-0.2, 0) is 0 Å². The van der Waals surface area contributed by atoms with E-state index in [1.165, 1.54) is 12.1 Å². The van der Waals surface area contributed by atoms with Gasteiger partial charge in [0.1, 0.15) is 11.5 Å². The molecule has 3 aromatic rings. The lowest BCUT2D eigenvalue weighted by atomic mass is 10.0. The van der Waals surface area contributed by atoms with Crippen molar-refractivity contribution >= 4 is 21.8 Å². The molecule has 0 radical (unpaired) electrons. The van der Waals surface area contributed by atoms with Gasteiger partial charge in [-0.25, -0.2) is 4.39 Å². The SMILES string of the molecule is Nc1onc(-c2cccc(F)c2)c1-c1cccc(Br)c1. The number of aromatic nitrogens is 1. The van der Waals surface area contributed by atoms with Crippen LogP contribution in [0.25, 0.3) is 22.4 Å². The van der Waals surface area contributed by atoms with Crippen molar-refractivity contribution in [2.45, 2.75) is 0 Å². The molecular weight excluding hydrogens is 323 g/mol. The van der Waals surface area contributed by atoms with E-state index < -0.39 is 0 Å². The van der Waals surface area contributed by atoms with E-state index in [2.05, 4.69) is 21.1 Å². The fourth-order valence-corrected chi connectivity index (χ4v) is 2.46. The molecule has 3 rings (SSSR count). The maximum Gasteiger partial charge on any atom is 0.230 e. The average molecular weight is 333 g/mol. The lowest BCUT2D eigenvalue weighted by molar-refractivity contribution is 0.439. The molecule has 1 heterocycles. The highest BCUT2D eigenvalue weighted by Gasteiger charge is 2.17. The molecule has 0 aliphatic heterocycles. The number of hydrogen-bond acceptors (Lipinski definition) is 3. The van der Waals surface area contributed by atoms with Gasteiger partial charge in [0.2, 0.25) is 5.88 Å². The van der Waals surface area contributed by atoms with Gasteiger partial charge in [0, 0.05) is 10.0 Å². The molecule has 3 nitrogen and oxygen atoms in total. The maximum absolute atomic E-state index is 13.4. The lowest BCUT2D eigenvalue weighted by Gasteiger charge is -2.03. The summed E-state index contributed by atoms with van der Waals surface area (Å²) < 4.78 is 19.4. The number of rotatable bonds is 2. The van der Waals surface area contributed by atoms with E-state index in [4.69, 9.17) is 10.3 Å². The second-order valence-electron chi connectivity index (χ2n) is 4.29. The number of hydrogen-bond donors (Lipinski definition) is 1.